The fourth-order valence-corrected chi connectivity index (χ4v) is 2.64. The number of aromatic nitrogens is 4. The SMILES string of the molecule is CCn1cc(C)c(C)c1-n1ncnc1-c1ccc(OC)cc1. The number of hydrogen-bond acceptors (Lipinski definition) is 3. The van der Waals surface area contributed by atoms with Crippen LogP contribution in [0.15, 0.2) is 36.8 Å². The van der Waals surface area contributed by atoms with Gasteiger partial charge in [0.05, 0.1) is 7.11 Å². The van der Waals surface area contributed by atoms with E-state index in [1.165, 1.54) is 11.1 Å². The summed E-state index contributed by atoms with van der Waals surface area (Å²) in [6.07, 6.45) is 3.76. The molecule has 5 nitrogen and oxygen atoms in total. The Bertz CT molecular complexity index is 784. The van der Waals surface area contributed by atoms with Crippen LogP contribution in [-0.2, 0) is 6.54 Å². The normalized spacial score (nSPS) is 10.9. The summed E-state index contributed by atoms with van der Waals surface area (Å²) < 4.78 is 9.32. The average molecular weight is 296 g/mol. The molecule has 0 bridgehead atoms. The van der Waals surface area contributed by atoms with Crippen LogP contribution in [0.3, 0.4) is 0 Å². The zero-order chi connectivity index (χ0) is 15.7. The van der Waals surface area contributed by atoms with Crippen LogP contribution in [0, 0.1) is 13.8 Å². The molecular weight excluding hydrogens is 276 g/mol. The van der Waals surface area contributed by atoms with Crippen molar-refractivity contribution in [3.8, 4) is 23.0 Å². The van der Waals surface area contributed by atoms with Gasteiger partial charge in [0.15, 0.2) is 5.82 Å². The van der Waals surface area contributed by atoms with E-state index in [0.717, 1.165) is 29.5 Å². The standard InChI is InChI=1S/C17H20N4O/c1-5-20-10-12(2)13(3)17(20)21-16(18-11-19-21)14-6-8-15(22-4)9-7-14/h6-11H,5H2,1-4H3. The lowest BCUT2D eigenvalue weighted by molar-refractivity contribution is 0.415. The Morgan fingerprint density at radius 3 is 2.50 bits per heavy atom. The number of aryl methyl sites for hydroxylation is 2. The van der Waals surface area contributed by atoms with E-state index in [1.54, 1.807) is 13.4 Å². The first kappa shape index (κ1) is 14.4. The molecule has 0 N–H and O–H groups in total. The minimum Gasteiger partial charge on any atom is -0.497 e. The van der Waals surface area contributed by atoms with E-state index in [0.29, 0.717) is 0 Å². The van der Waals surface area contributed by atoms with Gasteiger partial charge in [-0.3, -0.25) is 0 Å². The third-order valence-electron chi connectivity index (χ3n) is 3.99. The molecule has 0 unspecified atom stereocenters. The maximum absolute atomic E-state index is 5.21. The van der Waals surface area contributed by atoms with Gasteiger partial charge in [-0.25, -0.2) is 4.98 Å². The van der Waals surface area contributed by atoms with Crippen molar-refractivity contribution in [2.24, 2.45) is 0 Å². The highest BCUT2D eigenvalue weighted by molar-refractivity contribution is 5.59. The van der Waals surface area contributed by atoms with Gasteiger partial charge in [-0.1, -0.05) is 0 Å². The van der Waals surface area contributed by atoms with E-state index >= 15 is 0 Å². The summed E-state index contributed by atoms with van der Waals surface area (Å²) in [7, 11) is 1.66. The first-order valence-corrected chi connectivity index (χ1v) is 7.36. The van der Waals surface area contributed by atoms with Crippen LogP contribution in [0.2, 0.25) is 0 Å². The van der Waals surface area contributed by atoms with Crippen LogP contribution in [0.4, 0.5) is 0 Å². The van der Waals surface area contributed by atoms with Gasteiger partial charge >= 0.3 is 0 Å². The summed E-state index contributed by atoms with van der Waals surface area (Å²) in [5.41, 5.74) is 3.49. The molecule has 0 saturated carbocycles. The Kier molecular flexibility index (Phi) is 3.71. The quantitative estimate of drug-likeness (QED) is 0.741. The van der Waals surface area contributed by atoms with Crippen molar-refractivity contribution < 1.29 is 4.74 Å². The van der Waals surface area contributed by atoms with Crippen LogP contribution in [0.1, 0.15) is 18.1 Å². The van der Waals surface area contributed by atoms with Gasteiger partial charge in [-0.05, 0) is 56.2 Å². The van der Waals surface area contributed by atoms with E-state index in [1.807, 2.05) is 28.9 Å². The minimum atomic E-state index is 0.832. The highest BCUT2D eigenvalue weighted by Gasteiger charge is 2.16. The van der Waals surface area contributed by atoms with Gasteiger partial charge in [0.25, 0.3) is 0 Å². The van der Waals surface area contributed by atoms with E-state index < -0.39 is 0 Å². The monoisotopic (exact) mass is 296 g/mol. The molecule has 0 radical (unpaired) electrons. The van der Waals surface area contributed by atoms with E-state index in [2.05, 4.69) is 41.6 Å². The predicted octanol–water partition coefficient (Wildman–Crippen LogP) is 3.38. The summed E-state index contributed by atoms with van der Waals surface area (Å²) >= 11 is 0. The molecule has 0 saturated heterocycles. The molecule has 0 aliphatic carbocycles. The molecule has 114 valence electrons. The fraction of sp³-hybridized carbons (Fsp3) is 0.294. The lowest BCUT2D eigenvalue weighted by Crippen LogP contribution is -2.08. The summed E-state index contributed by atoms with van der Waals surface area (Å²) in [4.78, 5) is 4.44. The van der Waals surface area contributed by atoms with Crippen molar-refractivity contribution in [3.05, 3.63) is 47.9 Å². The third kappa shape index (κ3) is 2.28. The van der Waals surface area contributed by atoms with Gasteiger partial charge in [0.1, 0.15) is 17.9 Å². The Labute approximate surface area is 130 Å². The number of nitrogens with zero attached hydrogens (tertiary/aromatic N) is 4. The molecule has 0 fully saturated rings. The molecule has 0 aliphatic rings. The summed E-state index contributed by atoms with van der Waals surface area (Å²) in [6.45, 7) is 7.27. The lowest BCUT2D eigenvalue weighted by atomic mass is 10.2. The Morgan fingerprint density at radius 1 is 1.14 bits per heavy atom. The van der Waals surface area contributed by atoms with Crippen molar-refractivity contribution in [2.45, 2.75) is 27.3 Å². The summed E-state index contributed by atoms with van der Waals surface area (Å²) in [6, 6.07) is 7.87. The van der Waals surface area contributed by atoms with Gasteiger partial charge < -0.3 is 9.30 Å². The molecule has 1 aromatic carbocycles. The molecule has 0 spiro atoms. The molecule has 3 rings (SSSR count). The topological polar surface area (TPSA) is 44.9 Å². The van der Waals surface area contributed by atoms with Gasteiger partial charge in [0.2, 0.25) is 0 Å². The molecule has 5 heteroatoms. The van der Waals surface area contributed by atoms with Crippen LogP contribution in [-0.4, -0.2) is 26.4 Å². The van der Waals surface area contributed by atoms with Crippen LogP contribution >= 0.6 is 0 Å². The number of hydrogen-bond donors (Lipinski definition) is 0. The van der Waals surface area contributed by atoms with E-state index in [9.17, 15) is 0 Å². The number of ether oxygens (including phenoxy) is 1. The number of benzene rings is 1. The molecule has 0 aliphatic heterocycles. The molecule has 22 heavy (non-hydrogen) atoms. The average Bonchev–Trinajstić information content (AvgIpc) is 3.12. The molecule has 0 atom stereocenters. The van der Waals surface area contributed by atoms with E-state index in [4.69, 9.17) is 4.74 Å². The Balaban J connectivity index is 2.13. The van der Waals surface area contributed by atoms with Crippen LogP contribution in [0.25, 0.3) is 17.2 Å². The first-order valence-electron chi connectivity index (χ1n) is 7.36. The molecule has 3 aromatic rings. The highest BCUT2D eigenvalue weighted by Crippen LogP contribution is 2.26. The first-order chi connectivity index (χ1) is 10.7. The fourth-order valence-electron chi connectivity index (χ4n) is 2.64. The summed E-state index contributed by atoms with van der Waals surface area (Å²) in [5.74, 6) is 2.74. The van der Waals surface area contributed by atoms with Crippen molar-refractivity contribution in [3.63, 3.8) is 0 Å². The van der Waals surface area contributed by atoms with Crippen molar-refractivity contribution >= 4 is 0 Å². The Morgan fingerprint density at radius 2 is 1.86 bits per heavy atom. The van der Waals surface area contributed by atoms with Gasteiger partial charge in [-0.2, -0.15) is 9.78 Å². The second-order valence-electron chi connectivity index (χ2n) is 5.27. The second kappa shape index (κ2) is 5.67. The smallest absolute Gasteiger partial charge is 0.164 e. The van der Waals surface area contributed by atoms with E-state index in [-0.39, 0.29) is 0 Å². The summed E-state index contributed by atoms with van der Waals surface area (Å²) in [5, 5.41) is 4.44. The van der Waals surface area contributed by atoms with Gasteiger partial charge in [-0.15, -0.1) is 0 Å². The van der Waals surface area contributed by atoms with Crippen LogP contribution < -0.4 is 4.74 Å². The lowest BCUT2D eigenvalue weighted by Gasteiger charge is -2.11. The second-order valence-corrected chi connectivity index (χ2v) is 5.27. The third-order valence-corrected chi connectivity index (χ3v) is 3.99. The van der Waals surface area contributed by atoms with Crippen LogP contribution in [0.5, 0.6) is 5.75 Å². The molecular formula is C17H20N4O. The molecule has 2 aromatic heterocycles. The number of methoxy groups -OCH3 is 1. The van der Waals surface area contributed by atoms with Crippen molar-refractivity contribution in [1.29, 1.82) is 0 Å². The largest absolute Gasteiger partial charge is 0.497 e. The molecule has 2 heterocycles. The molecule has 0 amide bonds. The van der Waals surface area contributed by atoms with Gasteiger partial charge in [0, 0.05) is 18.3 Å². The predicted molar refractivity (Wildman–Crippen MR) is 86.5 cm³/mol. The highest BCUT2D eigenvalue weighted by atomic mass is 16.5. The minimum absolute atomic E-state index is 0.832. The van der Waals surface area contributed by atoms with Crippen molar-refractivity contribution in [1.82, 2.24) is 19.3 Å². The zero-order valence-electron chi connectivity index (χ0n) is 13.4. The zero-order valence-corrected chi connectivity index (χ0v) is 13.4. The maximum atomic E-state index is 5.21. The van der Waals surface area contributed by atoms with Crippen molar-refractivity contribution in [2.75, 3.05) is 7.11 Å². The number of rotatable bonds is 4. The maximum Gasteiger partial charge on any atom is 0.164 e. The Hall–Kier alpha value is -2.56.